The Hall–Kier alpha value is -2.71. The monoisotopic (exact) mass is 356 g/mol. The molecule has 0 N–H and O–H groups in total. The molecule has 2 rings (SSSR count). The van der Waals surface area contributed by atoms with E-state index in [0.717, 1.165) is 19.2 Å². The lowest BCUT2D eigenvalue weighted by atomic mass is 9.77. The predicted molar refractivity (Wildman–Crippen MR) is 82.5 cm³/mol. The fourth-order valence-corrected chi connectivity index (χ4v) is 3.05. The van der Waals surface area contributed by atoms with E-state index in [9.17, 15) is 28.1 Å². The summed E-state index contributed by atoms with van der Waals surface area (Å²) >= 11 is 0. The van der Waals surface area contributed by atoms with E-state index in [1.54, 1.807) is 0 Å². The van der Waals surface area contributed by atoms with Crippen LogP contribution < -0.4 is 0 Å². The van der Waals surface area contributed by atoms with Crippen molar-refractivity contribution in [1.29, 1.82) is 0 Å². The van der Waals surface area contributed by atoms with Crippen molar-refractivity contribution in [3.8, 4) is 0 Å². The number of nitrogens with zero attached hydrogens (tertiary/aromatic N) is 2. The summed E-state index contributed by atoms with van der Waals surface area (Å²) in [6, 6.07) is 4.50. The van der Waals surface area contributed by atoms with Crippen molar-refractivity contribution < 1.29 is 27.6 Å². The zero-order valence-electron chi connectivity index (χ0n) is 13.6. The molecule has 0 saturated heterocycles. The van der Waals surface area contributed by atoms with E-state index in [-0.39, 0.29) is 17.0 Å². The highest BCUT2D eigenvalue weighted by Crippen LogP contribution is 2.44. The summed E-state index contributed by atoms with van der Waals surface area (Å²) in [5.74, 6) is -3.63. The molecule has 134 valence electrons. The molecule has 1 heterocycles. The lowest BCUT2D eigenvalue weighted by Crippen LogP contribution is -2.36. The number of allylic oxidation sites excluding steroid dienone is 2. The third-order valence-corrected chi connectivity index (χ3v) is 4.05. The van der Waals surface area contributed by atoms with E-state index in [1.165, 1.54) is 26.0 Å². The van der Waals surface area contributed by atoms with Crippen LogP contribution in [0.2, 0.25) is 0 Å². The Morgan fingerprint density at radius 2 is 1.88 bits per heavy atom. The largest absolute Gasteiger partial charge is 0.468 e. The van der Waals surface area contributed by atoms with Crippen molar-refractivity contribution >= 4 is 11.7 Å². The number of carbonyl (C=O) groups excluding carboxylic acids is 1. The molecule has 0 fully saturated rings. The Morgan fingerprint density at radius 3 is 2.40 bits per heavy atom. The highest BCUT2D eigenvalue weighted by atomic mass is 19.4. The molecule has 1 unspecified atom stereocenters. The molecular formula is C16H15F3N2O4. The first-order chi connectivity index (χ1) is 11.6. The number of rotatable bonds is 3. The third kappa shape index (κ3) is 3.40. The van der Waals surface area contributed by atoms with Gasteiger partial charge in [-0.25, -0.2) is 0 Å². The number of methoxy groups -OCH3 is 1. The number of benzene rings is 1. The van der Waals surface area contributed by atoms with Crippen molar-refractivity contribution in [2.45, 2.75) is 25.9 Å². The molecule has 1 aliphatic heterocycles. The van der Waals surface area contributed by atoms with Crippen molar-refractivity contribution in [3.05, 3.63) is 56.9 Å². The number of halogens is 3. The smallest absolute Gasteiger partial charge is 0.416 e. The molecule has 1 aromatic carbocycles. The van der Waals surface area contributed by atoms with E-state index in [4.69, 9.17) is 0 Å². The van der Waals surface area contributed by atoms with Crippen LogP contribution in [0.3, 0.4) is 0 Å². The summed E-state index contributed by atoms with van der Waals surface area (Å²) in [7, 11) is 1.07. The van der Waals surface area contributed by atoms with E-state index < -0.39 is 40.2 Å². The number of hydrogen-bond donors (Lipinski definition) is 0. The maximum atomic E-state index is 13.4. The summed E-state index contributed by atoms with van der Waals surface area (Å²) in [4.78, 5) is 26.9. The minimum atomic E-state index is -4.73. The topological polar surface area (TPSA) is 81.8 Å². The molecule has 1 aromatic rings. The van der Waals surface area contributed by atoms with Crippen LogP contribution >= 0.6 is 0 Å². The summed E-state index contributed by atoms with van der Waals surface area (Å²) in [5.41, 5.74) is -1.80. The maximum absolute atomic E-state index is 13.4. The minimum Gasteiger partial charge on any atom is -0.468 e. The molecule has 0 radical (unpaired) electrons. The first kappa shape index (κ1) is 18.6. The molecule has 0 bridgehead atoms. The summed E-state index contributed by atoms with van der Waals surface area (Å²) in [6.45, 7) is 2.77. The van der Waals surface area contributed by atoms with Gasteiger partial charge in [0.05, 0.1) is 23.5 Å². The van der Waals surface area contributed by atoms with E-state index in [1.807, 2.05) is 0 Å². The van der Waals surface area contributed by atoms with Crippen LogP contribution in [0.5, 0.6) is 0 Å². The average molecular weight is 356 g/mol. The van der Waals surface area contributed by atoms with Crippen LogP contribution in [0.25, 0.3) is 0 Å². The van der Waals surface area contributed by atoms with Gasteiger partial charge in [-0.05, 0) is 25.5 Å². The van der Waals surface area contributed by atoms with E-state index >= 15 is 0 Å². The second kappa shape index (κ2) is 6.66. The zero-order chi connectivity index (χ0) is 18.9. The summed E-state index contributed by atoms with van der Waals surface area (Å²) < 4.78 is 44.9. The summed E-state index contributed by atoms with van der Waals surface area (Å²) in [6.07, 6.45) is -4.73. The molecule has 0 spiro atoms. The third-order valence-electron chi connectivity index (χ3n) is 4.05. The lowest BCUT2D eigenvalue weighted by molar-refractivity contribution is -0.432. The Morgan fingerprint density at radius 1 is 1.28 bits per heavy atom. The Bertz CT molecular complexity index is 784. The number of esters is 1. The van der Waals surface area contributed by atoms with E-state index in [2.05, 4.69) is 9.73 Å². The Balaban J connectivity index is 2.79. The number of hydrogen-bond acceptors (Lipinski definition) is 5. The van der Waals surface area contributed by atoms with Crippen LogP contribution in [-0.2, 0) is 15.7 Å². The Labute approximate surface area is 141 Å². The highest BCUT2D eigenvalue weighted by molar-refractivity contribution is 6.03. The first-order valence-corrected chi connectivity index (χ1v) is 7.23. The number of aliphatic imine (C=N–C) groups is 1. The van der Waals surface area contributed by atoms with Gasteiger partial charge in [0.15, 0.2) is 0 Å². The standard InChI is InChI=1S/C16H15F3N2O4/c1-8-12(15(22)25-3)13(14(21(23)24)9(2)20-8)10-6-4-5-7-11(10)16(17,18)19/h4-7,12-13H,1-3H3/t12?,13-/m0/s1. The molecule has 6 nitrogen and oxygen atoms in total. The first-order valence-electron chi connectivity index (χ1n) is 7.23. The van der Waals surface area contributed by atoms with Gasteiger partial charge >= 0.3 is 12.1 Å². The maximum Gasteiger partial charge on any atom is 0.416 e. The summed E-state index contributed by atoms with van der Waals surface area (Å²) in [5, 5.41) is 11.5. The fourth-order valence-electron chi connectivity index (χ4n) is 3.05. The number of carbonyl (C=O) groups is 1. The van der Waals surface area contributed by atoms with Gasteiger partial charge in [0, 0.05) is 5.71 Å². The Kier molecular flexibility index (Phi) is 4.96. The van der Waals surface area contributed by atoms with Crippen molar-refractivity contribution in [3.63, 3.8) is 0 Å². The van der Waals surface area contributed by atoms with Gasteiger partial charge in [0.1, 0.15) is 11.6 Å². The van der Waals surface area contributed by atoms with Gasteiger partial charge in [0.2, 0.25) is 0 Å². The van der Waals surface area contributed by atoms with Gasteiger partial charge in [-0.1, -0.05) is 18.2 Å². The van der Waals surface area contributed by atoms with Gasteiger partial charge in [-0.3, -0.25) is 19.9 Å². The van der Waals surface area contributed by atoms with Crippen molar-refractivity contribution in [2.75, 3.05) is 7.11 Å². The number of ether oxygens (including phenoxy) is 1. The molecule has 0 aliphatic carbocycles. The number of alkyl halides is 3. The molecule has 1 aliphatic rings. The molecular weight excluding hydrogens is 341 g/mol. The van der Waals surface area contributed by atoms with Crippen molar-refractivity contribution in [1.82, 2.24) is 0 Å². The molecule has 0 amide bonds. The predicted octanol–water partition coefficient (Wildman–Crippen LogP) is 3.56. The lowest BCUT2D eigenvalue weighted by Gasteiger charge is -2.29. The van der Waals surface area contributed by atoms with Crippen LogP contribution in [-0.4, -0.2) is 23.7 Å². The fraction of sp³-hybridized carbons (Fsp3) is 0.375. The highest BCUT2D eigenvalue weighted by Gasteiger charge is 2.48. The van der Waals surface area contributed by atoms with Gasteiger partial charge in [0.25, 0.3) is 5.70 Å². The average Bonchev–Trinajstić information content (AvgIpc) is 2.52. The van der Waals surface area contributed by atoms with Crippen LogP contribution in [0, 0.1) is 16.0 Å². The SMILES string of the molecule is COC(=O)C1C(C)=NC(C)=C([N+](=O)[O-])[C@H]1c1ccccc1C(F)(F)F. The second-order valence-corrected chi connectivity index (χ2v) is 5.54. The number of nitro groups is 1. The molecule has 2 atom stereocenters. The van der Waals surface area contributed by atoms with Crippen LogP contribution in [0.1, 0.15) is 30.9 Å². The van der Waals surface area contributed by atoms with Crippen LogP contribution in [0.15, 0.2) is 40.7 Å². The molecule has 0 saturated carbocycles. The minimum absolute atomic E-state index is 0.0374. The molecule has 9 heteroatoms. The van der Waals surface area contributed by atoms with Gasteiger partial charge < -0.3 is 4.74 Å². The quantitative estimate of drug-likeness (QED) is 0.471. The molecule has 25 heavy (non-hydrogen) atoms. The van der Waals surface area contributed by atoms with Gasteiger partial charge in [-0.15, -0.1) is 0 Å². The molecule has 0 aromatic heterocycles. The van der Waals surface area contributed by atoms with Crippen molar-refractivity contribution in [2.24, 2.45) is 10.9 Å². The van der Waals surface area contributed by atoms with E-state index in [0.29, 0.717) is 0 Å². The second-order valence-electron chi connectivity index (χ2n) is 5.54. The van der Waals surface area contributed by atoms with Gasteiger partial charge in [-0.2, -0.15) is 13.2 Å². The van der Waals surface area contributed by atoms with Crippen LogP contribution in [0.4, 0.5) is 13.2 Å². The zero-order valence-corrected chi connectivity index (χ0v) is 13.6. The normalized spacial score (nSPS) is 21.0.